The molecule has 1 atom stereocenters. The SMILES string of the molecule is CC1CCCN(c2cnnc(N3CCN(c4ccccc4)CC3)n2)C1. The Morgan fingerprint density at radius 3 is 2.44 bits per heavy atom. The second-order valence-electron chi connectivity index (χ2n) is 7.12. The van der Waals surface area contributed by atoms with Crippen LogP contribution in [0.1, 0.15) is 19.8 Å². The van der Waals surface area contributed by atoms with Crippen LogP contribution in [0.4, 0.5) is 17.5 Å². The Bertz CT molecular complexity index is 683. The molecule has 132 valence electrons. The van der Waals surface area contributed by atoms with Crippen LogP contribution in [0, 0.1) is 5.92 Å². The first-order valence-corrected chi connectivity index (χ1v) is 9.29. The topological polar surface area (TPSA) is 48.4 Å². The summed E-state index contributed by atoms with van der Waals surface area (Å²) in [6.45, 7) is 8.28. The molecule has 0 radical (unpaired) electrons. The normalized spacial score (nSPS) is 21.5. The van der Waals surface area contributed by atoms with E-state index in [9.17, 15) is 0 Å². The first-order valence-electron chi connectivity index (χ1n) is 9.29. The first-order chi connectivity index (χ1) is 12.3. The standard InChI is InChI=1S/C19H26N6/c1-16-6-5-9-25(15-16)18-14-20-22-19(21-18)24-12-10-23(11-13-24)17-7-3-2-4-8-17/h2-4,7-8,14,16H,5-6,9-13,15H2,1H3. The van der Waals surface area contributed by atoms with Crippen LogP contribution in [0.25, 0.3) is 0 Å². The van der Waals surface area contributed by atoms with Gasteiger partial charge in [0, 0.05) is 45.0 Å². The molecule has 25 heavy (non-hydrogen) atoms. The molecule has 2 aromatic rings. The molecule has 1 unspecified atom stereocenters. The number of piperidine rings is 1. The summed E-state index contributed by atoms with van der Waals surface area (Å²) < 4.78 is 0. The molecular formula is C19H26N6. The summed E-state index contributed by atoms with van der Waals surface area (Å²) in [6.07, 6.45) is 4.35. The Hall–Kier alpha value is -2.37. The molecule has 0 aliphatic carbocycles. The first kappa shape index (κ1) is 16.1. The van der Waals surface area contributed by atoms with Gasteiger partial charge in [0.15, 0.2) is 5.82 Å². The summed E-state index contributed by atoms with van der Waals surface area (Å²) in [6, 6.07) is 10.6. The molecule has 0 bridgehead atoms. The highest BCUT2D eigenvalue weighted by atomic mass is 15.4. The van der Waals surface area contributed by atoms with Crippen molar-refractivity contribution >= 4 is 17.5 Å². The quantitative estimate of drug-likeness (QED) is 0.857. The van der Waals surface area contributed by atoms with E-state index in [4.69, 9.17) is 4.98 Å². The molecule has 1 aromatic heterocycles. The number of aromatic nitrogens is 3. The fourth-order valence-electron chi connectivity index (χ4n) is 3.77. The van der Waals surface area contributed by atoms with E-state index in [1.165, 1.54) is 18.5 Å². The predicted molar refractivity (Wildman–Crippen MR) is 101 cm³/mol. The van der Waals surface area contributed by atoms with Gasteiger partial charge >= 0.3 is 0 Å². The Balaban J connectivity index is 1.42. The Morgan fingerprint density at radius 2 is 1.68 bits per heavy atom. The number of benzene rings is 1. The second kappa shape index (κ2) is 7.25. The molecule has 2 fully saturated rings. The van der Waals surface area contributed by atoms with Gasteiger partial charge in [0.1, 0.15) is 0 Å². The maximum absolute atomic E-state index is 4.81. The van der Waals surface area contributed by atoms with Gasteiger partial charge in [-0.05, 0) is 30.9 Å². The second-order valence-corrected chi connectivity index (χ2v) is 7.12. The summed E-state index contributed by atoms with van der Waals surface area (Å²) in [5.41, 5.74) is 1.29. The fourth-order valence-corrected chi connectivity index (χ4v) is 3.77. The van der Waals surface area contributed by atoms with Gasteiger partial charge in [-0.3, -0.25) is 0 Å². The van der Waals surface area contributed by atoms with Crippen molar-refractivity contribution < 1.29 is 0 Å². The molecule has 0 amide bonds. The van der Waals surface area contributed by atoms with E-state index >= 15 is 0 Å². The summed E-state index contributed by atoms with van der Waals surface area (Å²) in [4.78, 5) is 11.8. The number of para-hydroxylation sites is 1. The Morgan fingerprint density at radius 1 is 0.920 bits per heavy atom. The molecule has 2 aliphatic rings. The highest BCUT2D eigenvalue weighted by Crippen LogP contribution is 2.23. The third-order valence-electron chi connectivity index (χ3n) is 5.20. The molecule has 1 aromatic carbocycles. The molecular weight excluding hydrogens is 312 g/mol. The minimum absolute atomic E-state index is 0.724. The van der Waals surface area contributed by atoms with Gasteiger partial charge < -0.3 is 14.7 Å². The van der Waals surface area contributed by atoms with Crippen LogP contribution < -0.4 is 14.7 Å². The van der Waals surface area contributed by atoms with Gasteiger partial charge in [-0.1, -0.05) is 25.1 Å². The van der Waals surface area contributed by atoms with Crippen molar-refractivity contribution in [2.24, 2.45) is 5.92 Å². The number of piperazine rings is 1. The lowest BCUT2D eigenvalue weighted by atomic mass is 10.0. The van der Waals surface area contributed by atoms with E-state index in [1.54, 1.807) is 0 Å². The molecule has 6 nitrogen and oxygen atoms in total. The van der Waals surface area contributed by atoms with Gasteiger partial charge in [-0.25, -0.2) is 0 Å². The number of nitrogens with zero attached hydrogens (tertiary/aromatic N) is 6. The van der Waals surface area contributed by atoms with E-state index in [-0.39, 0.29) is 0 Å². The van der Waals surface area contributed by atoms with Crippen LogP contribution in [0.2, 0.25) is 0 Å². The molecule has 0 spiro atoms. The number of anilines is 3. The lowest BCUT2D eigenvalue weighted by molar-refractivity contribution is 0.444. The molecule has 0 saturated carbocycles. The van der Waals surface area contributed by atoms with Gasteiger partial charge in [-0.2, -0.15) is 10.1 Å². The van der Waals surface area contributed by atoms with Gasteiger partial charge in [0.2, 0.25) is 5.95 Å². The van der Waals surface area contributed by atoms with Crippen LogP contribution in [0.15, 0.2) is 36.5 Å². The van der Waals surface area contributed by atoms with E-state index < -0.39 is 0 Å². The minimum atomic E-state index is 0.724. The van der Waals surface area contributed by atoms with Crippen LogP contribution in [0.3, 0.4) is 0 Å². The average Bonchev–Trinajstić information content (AvgIpc) is 2.69. The maximum Gasteiger partial charge on any atom is 0.247 e. The van der Waals surface area contributed by atoms with Crippen molar-refractivity contribution in [2.45, 2.75) is 19.8 Å². The predicted octanol–water partition coefficient (Wildman–Crippen LogP) is 2.43. The lowest BCUT2D eigenvalue weighted by Crippen LogP contribution is -2.47. The zero-order chi connectivity index (χ0) is 17.1. The van der Waals surface area contributed by atoms with Crippen LogP contribution in [0.5, 0.6) is 0 Å². The summed E-state index contributed by atoms with van der Waals surface area (Å²) >= 11 is 0. The summed E-state index contributed by atoms with van der Waals surface area (Å²) in [5, 5.41) is 8.52. The summed E-state index contributed by atoms with van der Waals surface area (Å²) in [5.74, 6) is 2.46. The molecule has 2 aliphatic heterocycles. The van der Waals surface area contributed by atoms with Gasteiger partial charge in [0.25, 0.3) is 0 Å². The number of rotatable bonds is 3. The summed E-state index contributed by atoms with van der Waals surface area (Å²) in [7, 11) is 0. The van der Waals surface area contributed by atoms with Crippen LogP contribution in [-0.4, -0.2) is 54.4 Å². The van der Waals surface area contributed by atoms with Gasteiger partial charge in [0.05, 0.1) is 6.20 Å². The monoisotopic (exact) mass is 338 g/mol. The van der Waals surface area contributed by atoms with E-state index in [2.05, 4.69) is 62.2 Å². The minimum Gasteiger partial charge on any atom is -0.368 e. The van der Waals surface area contributed by atoms with Crippen molar-refractivity contribution in [1.82, 2.24) is 15.2 Å². The van der Waals surface area contributed by atoms with Crippen molar-refractivity contribution in [1.29, 1.82) is 0 Å². The zero-order valence-corrected chi connectivity index (χ0v) is 14.9. The van der Waals surface area contributed by atoms with Crippen LogP contribution >= 0.6 is 0 Å². The van der Waals surface area contributed by atoms with E-state index in [1.807, 2.05) is 6.20 Å². The Kier molecular flexibility index (Phi) is 4.68. The third-order valence-corrected chi connectivity index (χ3v) is 5.20. The van der Waals surface area contributed by atoms with Crippen molar-refractivity contribution in [2.75, 3.05) is 54.0 Å². The highest BCUT2D eigenvalue weighted by molar-refractivity contribution is 5.49. The smallest absolute Gasteiger partial charge is 0.247 e. The van der Waals surface area contributed by atoms with Crippen molar-refractivity contribution in [3.63, 3.8) is 0 Å². The average molecular weight is 338 g/mol. The molecule has 2 saturated heterocycles. The molecule has 0 N–H and O–H groups in total. The highest BCUT2D eigenvalue weighted by Gasteiger charge is 2.22. The van der Waals surface area contributed by atoms with E-state index in [0.717, 1.165) is 57.0 Å². The van der Waals surface area contributed by atoms with Crippen molar-refractivity contribution in [3.8, 4) is 0 Å². The van der Waals surface area contributed by atoms with Crippen LogP contribution in [-0.2, 0) is 0 Å². The maximum atomic E-state index is 4.81. The number of hydrogen-bond donors (Lipinski definition) is 0. The Labute approximate surface area is 149 Å². The van der Waals surface area contributed by atoms with E-state index in [0.29, 0.717) is 0 Å². The molecule has 4 rings (SSSR count). The van der Waals surface area contributed by atoms with Gasteiger partial charge in [-0.15, -0.1) is 5.10 Å². The largest absolute Gasteiger partial charge is 0.368 e. The zero-order valence-electron chi connectivity index (χ0n) is 14.9. The molecule has 6 heteroatoms. The lowest BCUT2D eigenvalue weighted by Gasteiger charge is -2.36. The molecule has 3 heterocycles. The number of hydrogen-bond acceptors (Lipinski definition) is 6. The fraction of sp³-hybridized carbons (Fsp3) is 0.526. The third kappa shape index (κ3) is 3.67. The van der Waals surface area contributed by atoms with Crippen molar-refractivity contribution in [3.05, 3.63) is 36.5 Å².